The van der Waals surface area contributed by atoms with Crippen molar-refractivity contribution in [3.63, 3.8) is 0 Å². The molecule has 4 aromatic rings. The van der Waals surface area contributed by atoms with Crippen molar-refractivity contribution in [1.82, 2.24) is 4.90 Å². The van der Waals surface area contributed by atoms with Gasteiger partial charge in [-0.05, 0) is 53.9 Å². The SMILES string of the molecule is C=CCOc1ccc(C2c3c(oc4cc(C)c(Cl)cc4c3=O)C(=O)N2Cc2ccccc2Cl)cc1OC. The number of halogens is 2. The first-order chi connectivity index (χ1) is 17.8. The van der Waals surface area contributed by atoms with Gasteiger partial charge < -0.3 is 18.8 Å². The van der Waals surface area contributed by atoms with Crippen molar-refractivity contribution >= 4 is 40.1 Å². The highest BCUT2D eigenvalue weighted by Gasteiger charge is 2.43. The van der Waals surface area contributed by atoms with E-state index in [0.717, 1.165) is 11.1 Å². The Hall–Kier alpha value is -3.74. The summed E-state index contributed by atoms with van der Waals surface area (Å²) < 4.78 is 17.3. The number of amides is 1. The maximum atomic E-state index is 13.9. The van der Waals surface area contributed by atoms with Crippen molar-refractivity contribution in [1.29, 1.82) is 0 Å². The standard InChI is InChI=1S/C29H23Cl2NO5/c1-4-11-36-22-10-9-17(13-24(22)35-3)26-25-27(33)19-14-21(31)16(2)12-23(19)37-28(25)29(34)32(26)15-18-7-5-6-8-20(18)30/h4-10,12-14,26H,1,11,15H2,2-3H3. The van der Waals surface area contributed by atoms with Gasteiger partial charge in [0, 0.05) is 16.6 Å². The Morgan fingerprint density at radius 3 is 2.57 bits per heavy atom. The zero-order chi connectivity index (χ0) is 26.3. The van der Waals surface area contributed by atoms with E-state index in [0.29, 0.717) is 44.7 Å². The molecule has 188 valence electrons. The minimum Gasteiger partial charge on any atom is -0.493 e. The van der Waals surface area contributed by atoms with Gasteiger partial charge in [-0.1, -0.05) is 60.1 Å². The van der Waals surface area contributed by atoms with Crippen molar-refractivity contribution in [3.05, 3.63) is 116 Å². The molecule has 3 aromatic carbocycles. The lowest BCUT2D eigenvalue weighted by molar-refractivity contribution is 0.0714. The van der Waals surface area contributed by atoms with Crippen LogP contribution in [0.2, 0.25) is 10.0 Å². The first kappa shape index (κ1) is 24.9. The van der Waals surface area contributed by atoms with Crippen molar-refractivity contribution in [2.75, 3.05) is 13.7 Å². The number of hydrogen-bond donors (Lipinski definition) is 0. The second-order valence-electron chi connectivity index (χ2n) is 8.71. The number of ether oxygens (including phenoxy) is 2. The third-order valence-corrected chi connectivity index (χ3v) is 7.18. The Morgan fingerprint density at radius 1 is 1.05 bits per heavy atom. The van der Waals surface area contributed by atoms with Crippen LogP contribution in [-0.4, -0.2) is 24.5 Å². The highest BCUT2D eigenvalue weighted by molar-refractivity contribution is 6.32. The molecular weight excluding hydrogens is 513 g/mol. The van der Waals surface area contributed by atoms with Crippen molar-refractivity contribution in [3.8, 4) is 11.5 Å². The molecule has 5 rings (SSSR count). The third kappa shape index (κ3) is 4.37. The van der Waals surface area contributed by atoms with E-state index < -0.39 is 11.9 Å². The number of benzene rings is 3. The summed E-state index contributed by atoms with van der Waals surface area (Å²) >= 11 is 12.8. The molecule has 0 saturated heterocycles. The molecule has 0 saturated carbocycles. The third-order valence-electron chi connectivity index (χ3n) is 6.41. The first-order valence-electron chi connectivity index (χ1n) is 11.6. The molecule has 1 unspecified atom stereocenters. The van der Waals surface area contributed by atoms with Crippen LogP contribution in [0.5, 0.6) is 11.5 Å². The summed E-state index contributed by atoms with van der Waals surface area (Å²) in [5, 5.41) is 1.27. The van der Waals surface area contributed by atoms with Gasteiger partial charge in [0.25, 0.3) is 5.91 Å². The van der Waals surface area contributed by atoms with Crippen LogP contribution in [0, 0.1) is 6.92 Å². The molecule has 0 aliphatic carbocycles. The molecule has 2 heterocycles. The normalized spacial score (nSPS) is 14.6. The van der Waals surface area contributed by atoms with E-state index in [-0.39, 0.29) is 23.3 Å². The van der Waals surface area contributed by atoms with Gasteiger partial charge in [0.05, 0.1) is 24.1 Å². The Labute approximate surface area is 223 Å². The average Bonchev–Trinajstić information content (AvgIpc) is 3.16. The first-order valence-corrected chi connectivity index (χ1v) is 12.3. The van der Waals surface area contributed by atoms with E-state index in [9.17, 15) is 9.59 Å². The van der Waals surface area contributed by atoms with Crippen LogP contribution in [0.1, 0.15) is 38.9 Å². The van der Waals surface area contributed by atoms with E-state index in [1.54, 1.807) is 47.4 Å². The van der Waals surface area contributed by atoms with E-state index in [2.05, 4.69) is 6.58 Å². The lowest BCUT2D eigenvalue weighted by Gasteiger charge is -2.26. The highest BCUT2D eigenvalue weighted by atomic mass is 35.5. The van der Waals surface area contributed by atoms with E-state index in [4.69, 9.17) is 37.1 Å². The molecule has 0 fully saturated rings. The minimum atomic E-state index is -0.748. The number of rotatable bonds is 7. The van der Waals surface area contributed by atoms with Crippen LogP contribution < -0.4 is 14.9 Å². The zero-order valence-corrected chi connectivity index (χ0v) is 21.7. The number of nitrogens with zero attached hydrogens (tertiary/aromatic N) is 1. The molecule has 0 N–H and O–H groups in total. The average molecular weight is 536 g/mol. The van der Waals surface area contributed by atoms with Crippen LogP contribution in [0.4, 0.5) is 0 Å². The molecule has 1 amide bonds. The lowest BCUT2D eigenvalue weighted by Crippen LogP contribution is -2.29. The van der Waals surface area contributed by atoms with Gasteiger partial charge in [0.2, 0.25) is 5.76 Å². The maximum absolute atomic E-state index is 13.9. The fourth-order valence-corrected chi connectivity index (χ4v) is 4.94. The van der Waals surface area contributed by atoms with Crippen molar-refractivity contribution < 1.29 is 18.7 Å². The summed E-state index contributed by atoms with van der Waals surface area (Å²) in [6.07, 6.45) is 1.63. The number of aryl methyl sites for hydroxylation is 1. The Morgan fingerprint density at radius 2 is 1.84 bits per heavy atom. The highest BCUT2D eigenvalue weighted by Crippen LogP contribution is 2.42. The topological polar surface area (TPSA) is 69.0 Å². The lowest BCUT2D eigenvalue weighted by atomic mass is 9.97. The van der Waals surface area contributed by atoms with E-state index in [1.165, 1.54) is 7.11 Å². The maximum Gasteiger partial charge on any atom is 0.291 e. The summed E-state index contributed by atoms with van der Waals surface area (Å²) in [6.45, 7) is 5.95. The van der Waals surface area contributed by atoms with Crippen LogP contribution >= 0.6 is 23.2 Å². The number of fused-ring (bicyclic) bond motifs is 2. The van der Waals surface area contributed by atoms with Crippen molar-refractivity contribution in [2.24, 2.45) is 0 Å². The zero-order valence-electron chi connectivity index (χ0n) is 20.2. The Bertz CT molecular complexity index is 1610. The van der Waals surface area contributed by atoms with Gasteiger partial charge in [0.15, 0.2) is 16.9 Å². The molecule has 0 spiro atoms. The monoisotopic (exact) mass is 535 g/mol. The fourth-order valence-electron chi connectivity index (χ4n) is 4.58. The Balaban J connectivity index is 1.72. The van der Waals surface area contributed by atoms with Crippen LogP contribution in [-0.2, 0) is 6.54 Å². The van der Waals surface area contributed by atoms with Crippen LogP contribution in [0.3, 0.4) is 0 Å². The van der Waals surface area contributed by atoms with Gasteiger partial charge in [-0.3, -0.25) is 9.59 Å². The molecule has 37 heavy (non-hydrogen) atoms. The molecular formula is C29H23Cl2NO5. The fraction of sp³-hybridized carbons (Fsp3) is 0.172. The van der Waals surface area contributed by atoms with Gasteiger partial charge in [-0.2, -0.15) is 0 Å². The molecule has 0 radical (unpaired) electrons. The van der Waals surface area contributed by atoms with Crippen molar-refractivity contribution in [2.45, 2.75) is 19.5 Å². The number of hydrogen-bond acceptors (Lipinski definition) is 5. The molecule has 8 heteroatoms. The summed E-state index contributed by atoms with van der Waals surface area (Å²) in [6, 6.07) is 15.1. The molecule has 1 atom stereocenters. The molecule has 0 bridgehead atoms. The number of carbonyl (C=O) groups is 1. The molecule has 1 aliphatic heterocycles. The number of carbonyl (C=O) groups excluding carboxylic acids is 1. The van der Waals surface area contributed by atoms with Gasteiger partial charge >= 0.3 is 0 Å². The van der Waals surface area contributed by atoms with E-state index >= 15 is 0 Å². The smallest absolute Gasteiger partial charge is 0.291 e. The molecule has 6 nitrogen and oxygen atoms in total. The van der Waals surface area contributed by atoms with Crippen LogP contribution in [0.15, 0.2) is 76.5 Å². The Kier molecular flexibility index (Phi) is 6.71. The van der Waals surface area contributed by atoms with E-state index in [1.807, 2.05) is 25.1 Å². The van der Waals surface area contributed by atoms with Gasteiger partial charge in [-0.15, -0.1) is 0 Å². The number of methoxy groups -OCH3 is 1. The second kappa shape index (κ2) is 9.96. The van der Waals surface area contributed by atoms with Gasteiger partial charge in [0.1, 0.15) is 12.2 Å². The predicted octanol–water partition coefficient (Wildman–Crippen LogP) is 6.73. The summed E-state index contributed by atoms with van der Waals surface area (Å²) in [4.78, 5) is 29.2. The van der Waals surface area contributed by atoms with Gasteiger partial charge in [-0.25, -0.2) is 0 Å². The largest absolute Gasteiger partial charge is 0.493 e. The predicted molar refractivity (Wildman–Crippen MR) is 144 cm³/mol. The summed E-state index contributed by atoms with van der Waals surface area (Å²) in [5.41, 5.74) is 2.38. The molecule has 1 aromatic heterocycles. The van der Waals surface area contributed by atoms with Crippen LogP contribution in [0.25, 0.3) is 11.0 Å². The second-order valence-corrected chi connectivity index (χ2v) is 9.52. The quantitative estimate of drug-likeness (QED) is 0.245. The molecule has 1 aliphatic rings. The summed E-state index contributed by atoms with van der Waals surface area (Å²) in [5.74, 6) is 0.572. The minimum absolute atomic E-state index is 0.00206. The summed E-state index contributed by atoms with van der Waals surface area (Å²) in [7, 11) is 1.53.